The maximum absolute atomic E-state index is 12.4. The first-order valence-electron chi connectivity index (χ1n) is 7.94. The zero-order chi connectivity index (χ0) is 15.1. The van der Waals surface area contributed by atoms with Crippen molar-refractivity contribution in [3.8, 4) is 0 Å². The van der Waals surface area contributed by atoms with Gasteiger partial charge in [0.1, 0.15) is 0 Å². The van der Waals surface area contributed by atoms with Crippen molar-refractivity contribution in [3.63, 3.8) is 0 Å². The molecule has 2 aromatic rings. The normalized spacial score (nSPS) is 25.3. The molecular formula is C16H19N3O2S. The Morgan fingerprint density at radius 1 is 1.23 bits per heavy atom. The smallest absolute Gasteiger partial charge is 0.253 e. The molecule has 2 aromatic heterocycles. The molecule has 2 heterocycles. The molecule has 2 fully saturated rings. The fourth-order valence-corrected chi connectivity index (χ4v) is 4.09. The molecule has 116 valence electrons. The van der Waals surface area contributed by atoms with Gasteiger partial charge in [0.05, 0.1) is 21.4 Å². The molecule has 2 aliphatic rings. The number of nitrogens with one attached hydrogen (secondary N) is 1. The summed E-state index contributed by atoms with van der Waals surface area (Å²) >= 11 is 1.66. The number of carbonyl (C=O) groups is 1. The van der Waals surface area contributed by atoms with Crippen LogP contribution in [0, 0.1) is 0 Å². The van der Waals surface area contributed by atoms with Gasteiger partial charge in [0, 0.05) is 18.2 Å². The predicted molar refractivity (Wildman–Crippen MR) is 85.1 cm³/mol. The Hall–Kier alpha value is -1.53. The van der Waals surface area contributed by atoms with Crippen LogP contribution < -0.4 is 5.32 Å². The maximum atomic E-state index is 12.4. The third kappa shape index (κ3) is 2.85. The van der Waals surface area contributed by atoms with E-state index in [-0.39, 0.29) is 18.1 Å². The summed E-state index contributed by atoms with van der Waals surface area (Å²) in [6, 6.07) is 2.06. The maximum Gasteiger partial charge on any atom is 0.253 e. The van der Waals surface area contributed by atoms with E-state index in [0.717, 1.165) is 41.0 Å². The molecular weight excluding hydrogens is 298 g/mol. The molecule has 0 atom stereocenters. The summed E-state index contributed by atoms with van der Waals surface area (Å²) < 4.78 is 0.994. The minimum absolute atomic E-state index is 0.0721. The van der Waals surface area contributed by atoms with E-state index in [9.17, 15) is 9.90 Å². The Bertz CT molecular complexity index is 702. The summed E-state index contributed by atoms with van der Waals surface area (Å²) in [4.78, 5) is 21.2. The number of rotatable bonds is 3. The fraction of sp³-hybridized carbons (Fsp3) is 0.562. The Labute approximate surface area is 132 Å². The molecule has 4 rings (SSSR count). The van der Waals surface area contributed by atoms with E-state index >= 15 is 0 Å². The molecule has 2 saturated carbocycles. The Balaban J connectivity index is 1.49. The van der Waals surface area contributed by atoms with Gasteiger partial charge in [-0.25, -0.2) is 9.97 Å². The molecule has 0 unspecified atom stereocenters. The van der Waals surface area contributed by atoms with Crippen molar-refractivity contribution >= 4 is 27.6 Å². The van der Waals surface area contributed by atoms with Crippen LogP contribution in [0.4, 0.5) is 0 Å². The monoisotopic (exact) mass is 317 g/mol. The molecule has 0 aromatic carbocycles. The van der Waals surface area contributed by atoms with Gasteiger partial charge in [-0.15, -0.1) is 11.3 Å². The molecule has 0 radical (unpaired) electrons. The van der Waals surface area contributed by atoms with Crippen molar-refractivity contribution < 1.29 is 9.90 Å². The fourth-order valence-electron chi connectivity index (χ4n) is 2.95. The van der Waals surface area contributed by atoms with Gasteiger partial charge < -0.3 is 10.4 Å². The van der Waals surface area contributed by atoms with E-state index < -0.39 is 0 Å². The average Bonchev–Trinajstić information content (AvgIpc) is 3.28. The zero-order valence-corrected chi connectivity index (χ0v) is 13.1. The van der Waals surface area contributed by atoms with Crippen molar-refractivity contribution in [1.82, 2.24) is 15.3 Å². The van der Waals surface area contributed by atoms with Crippen LogP contribution in [0.15, 0.2) is 12.3 Å². The van der Waals surface area contributed by atoms with Crippen molar-refractivity contribution in [2.45, 2.75) is 56.6 Å². The molecule has 0 bridgehead atoms. The lowest BCUT2D eigenvalue weighted by Gasteiger charge is -2.26. The summed E-state index contributed by atoms with van der Waals surface area (Å²) in [6.45, 7) is 0. The third-order valence-corrected chi connectivity index (χ3v) is 5.64. The van der Waals surface area contributed by atoms with Crippen LogP contribution >= 0.6 is 11.3 Å². The lowest BCUT2D eigenvalue weighted by atomic mass is 9.93. The number of pyridine rings is 1. The van der Waals surface area contributed by atoms with E-state index in [2.05, 4.69) is 15.3 Å². The second-order valence-electron chi connectivity index (χ2n) is 6.35. The van der Waals surface area contributed by atoms with E-state index in [0.29, 0.717) is 11.5 Å². The van der Waals surface area contributed by atoms with Gasteiger partial charge in [0.15, 0.2) is 5.65 Å². The lowest BCUT2D eigenvalue weighted by Crippen LogP contribution is -2.38. The van der Waals surface area contributed by atoms with Crippen LogP contribution in [0.1, 0.15) is 59.8 Å². The number of hydrogen-bond donors (Lipinski definition) is 2. The van der Waals surface area contributed by atoms with Crippen molar-refractivity contribution in [3.05, 3.63) is 22.8 Å². The number of aromatic nitrogens is 2. The molecule has 0 saturated heterocycles. The van der Waals surface area contributed by atoms with Gasteiger partial charge in [-0.05, 0) is 44.6 Å². The number of amides is 1. The SMILES string of the molecule is O=C(NC1CCC(O)CC1)c1cnc2nc(C3CC3)sc2c1. The summed E-state index contributed by atoms with van der Waals surface area (Å²) in [7, 11) is 0. The molecule has 2 aliphatic carbocycles. The predicted octanol–water partition coefficient (Wildman–Crippen LogP) is 2.60. The second-order valence-corrected chi connectivity index (χ2v) is 7.41. The second kappa shape index (κ2) is 5.59. The molecule has 0 spiro atoms. The summed E-state index contributed by atoms with van der Waals surface area (Å²) in [5.41, 5.74) is 1.36. The number of nitrogens with zero attached hydrogens (tertiary/aromatic N) is 2. The number of hydrogen-bond acceptors (Lipinski definition) is 5. The minimum Gasteiger partial charge on any atom is -0.393 e. The summed E-state index contributed by atoms with van der Waals surface area (Å²) in [5, 5.41) is 13.7. The number of fused-ring (bicyclic) bond motifs is 1. The van der Waals surface area contributed by atoms with E-state index in [1.54, 1.807) is 17.5 Å². The van der Waals surface area contributed by atoms with Gasteiger partial charge in [-0.2, -0.15) is 0 Å². The van der Waals surface area contributed by atoms with Gasteiger partial charge in [-0.1, -0.05) is 0 Å². The Morgan fingerprint density at radius 2 is 2.00 bits per heavy atom. The Kier molecular flexibility index (Phi) is 3.58. The molecule has 22 heavy (non-hydrogen) atoms. The number of aliphatic hydroxyl groups is 1. The quantitative estimate of drug-likeness (QED) is 0.912. The highest BCUT2D eigenvalue weighted by Gasteiger charge is 2.27. The molecule has 1 amide bonds. The van der Waals surface area contributed by atoms with Crippen LogP contribution in [0.5, 0.6) is 0 Å². The number of aliphatic hydroxyl groups excluding tert-OH is 1. The van der Waals surface area contributed by atoms with Gasteiger partial charge in [-0.3, -0.25) is 4.79 Å². The topological polar surface area (TPSA) is 75.1 Å². The summed E-state index contributed by atoms with van der Waals surface area (Å²) in [6.07, 6.45) is 7.07. The molecule has 2 N–H and O–H groups in total. The average molecular weight is 317 g/mol. The highest BCUT2D eigenvalue weighted by atomic mass is 32.1. The first-order valence-corrected chi connectivity index (χ1v) is 8.76. The lowest BCUT2D eigenvalue weighted by molar-refractivity contribution is 0.0867. The van der Waals surface area contributed by atoms with Crippen LogP contribution in [0.2, 0.25) is 0 Å². The standard InChI is InChI=1S/C16H19N3O2S/c20-12-5-3-11(4-6-12)18-15(21)10-7-13-14(17-8-10)19-16(22-13)9-1-2-9/h7-9,11-12,20H,1-6H2,(H,18,21). The minimum atomic E-state index is -0.204. The molecule has 6 heteroatoms. The van der Waals surface area contributed by atoms with E-state index in [1.165, 1.54) is 12.8 Å². The van der Waals surface area contributed by atoms with Crippen molar-refractivity contribution in [1.29, 1.82) is 0 Å². The van der Waals surface area contributed by atoms with Gasteiger partial charge in [0.25, 0.3) is 5.91 Å². The van der Waals surface area contributed by atoms with Crippen LogP contribution in [-0.4, -0.2) is 33.1 Å². The van der Waals surface area contributed by atoms with Crippen LogP contribution in [-0.2, 0) is 0 Å². The third-order valence-electron chi connectivity index (χ3n) is 4.48. The van der Waals surface area contributed by atoms with Crippen molar-refractivity contribution in [2.75, 3.05) is 0 Å². The van der Waals surface area contributed by atoms with Crippen LogP contribution in [0.25, 0.3) is 10.3 Å². The first-order chi connectivity index (χ1) is 10.7. The highest BCUT2D eigenvalue weighted by molar-refractivity contribution is 7.18. The highest BCUT2D eigenvalue weighted by Crippen LogP contribution is 2.43. The van der Waals surface area contributed by atoms with Gasteiger partial charge in [0.2, 0.25) is 0 Å². The molecule has 5 nitrogen and oxygen atoms in total. The molecule has 0 aliphatic heterocycles. The van der Waals surface area contributed by atoms with E-state index in [4.69, 9.17) is 0 Å². The van der Waals surface area contributed by atoms with Crippen LogP contribution in [0.3, 0.4) is 0 Å². The van der Waals surface area contributed by atoms with Crippen molar-refractivity contribution in [2.24, 2.45) is 0 Å². The number of carbonyl (C=O) groups excluding carboxylic acids is 1. The summed E-state index contributed by atoms with van der Waals surface area (Å²) in [5.74, 6) is 0.544. The zero-order valence-electron chi connectivity index (χ0n) is 12.3. The largest absolute Gasteiger partial charge is 0.393 e. The van der Waals surface area contributed by atoms with E-state index in [1.807, 2.05) is 6.07 Å². The Morgan fingerprint density at radius 3 is 2.73 bits per heavy atom. The number of thiazole rings is 1. The van der Waals surface area contributed by atoms with Gasteiger partial charge >= 0.3 is 0 Å². The first kappa shape index (κ1) is 14.1.